The lowest BCUT2D eigenvalue weighted by Gasteiger charge is -2.44. The SMILES string of the molecule is O=C1NCC(O)CC12CCN(CCCc1ccc(Cl)cc1)CC2. The lowest BCUT2D eigenvalue weighted by molar-refractivity contribution is -0.140. The summed E-state index contributed by atoms with van der Waals surface area (Å²) < 4.78 is 0. The first kappa shape index (κ1) is 16.7. The zero-order valence-corrected chi connectivity index (χ0v) is 14.2. The number of piperidine rings is 2. The highest BCUT2D eigenvalue weighted by molar-refractivity contribution is 6.30. The number of benzene rings is 1. The highest BCUT2D eigenvalue weighted by atomic mass is 35.5. The molecule has 23 heavy (non-hydrogen) atoms. The Morgan fingerprint density at radius 1 is 1.26 bits per heavy atom. The molecule has 126 valence electrons. The Bertz CT molecular complexity index is 538. The van der Waals surface area contributed by atoms with Gasteiger partial charge in [-0.05, 0) is 69.4 Å². The number of aliphatic hydroxyl groups is 1. The predicted molar refractivity (Wildman–Crippen MR) is 91.5 cm³/mol. The van der Waals surface area contributed by atoms with E-state index in [2.05, 4.69) is 22.3 Å². The number of hydrogen-bond acceptors (Lipinski definition) is 3. The summed E-state index contributed by atoms with van der Waals surface area (Å²) in [6, 6.07) is 8.05. The molecule has 2 N–H and O–H groups in total. The van der Waals surface area contributed by atoms with E-state index < -0.39 is 0 Å². The fraction of sp³-hybridized carbons (Fsp3) is 0.611. The Morgan fingerprint density at radius 3 is 2.65 bits per heavy atom. The normalized spacial score (nSPS) is 24.6. The summed E-state index contributed by atoms with van der Waals surface area (Å²) in [5, 5.41) is 13.5. The Labute approximate surface area is 142 Å². The highest BCUT2D eigenvalue weighted by Gasteiger charge is 2.45. The van der Waals surface area contributed by atoms with Crippen LogP contribution in [-0.4, -0.2) is 48.2 Å². The average Bonchev–Trinajstić information content (AvgIpc) is 2.55. The predicted octanol–water partition coefficient (Wildman–Crippen LogP) is 2.24. The van der Waals surface area contributed by atoms with E-state index in [9.17, 15) is 9.90 Å². The van der Waals surface area contributed by atoms with E-state index in [1.54, 1.807) is 0 Å². The number of halogens is 1. The first-order valence-electron chi connectivity index (χ1n) is 8.51. The summed E-state index contributed by atoms with van der Waals surface area (Å²) in [6.07, 6.45) is 4.12. The number of nitrogens with one attached hydrogen (secondary N) is 1. The number of nitrogens with zero attached hydrogens (tertiary/aromatic N) is 1. The molecule has 0 saturated carbocycles. The number of β-amino-alcohol motifs (C(OH)–C–C–N with tert-alkyl or cyclic N) is 1. The van der Waals surface area contributed by atoms with Crippen LogP contribution < -0.4 is 5.32 Å². The van der Waals surface area contributed by atoms with E-state index in [1.807, 2.05) is 12.1 Å². The number of aryl methyl sites for hydroxylation is 1. The fourth-order valence-corrected chi connectivity index (χ4v) is 3.93. The highest BCUT2D eigenvalue weighted by Crippen LogP contribution is 2.38. The molecule has 1 amide bonds. The molecule has 1 aromatic rings. The van der Waals surface area contributed by atoms with Crippen LogP contribution >= 0.6 is 11.6 Å². The molecule has 0 aromatic heterocycles. The van der Waals surface area contributed by atoms with Crippen LogP contribution in [0, 0.1) is 5.41 Å². The van der Waals surface area contributed by atoms with Gasteiger partial charge in [0.15, 0.2) is 0 Å². The molecule has 1 spiro atoms. The van der Waals surface area contributed by atoms with Crippen molar-refractivity contribution < 1.29 is 9.90 Å². The van der Waals surface area contributed by atoms with Crippen molar-refractivity contribution in [2.75, 3.05) is 26.2 Å². The smallest absolute Gasteiger partial charge is 0.226 e. The number of carbonyl (C=O) groups is 1. The molecule has 2 aliphatic heterocycles. The van der Waals surface area contributed by atoms with E-state index in [-0.39, 0.29) is 17.4 Å². The van der Waals surface area contributed by atoms with E-state index in [1.165, 1.54) is 5.56 Å². The molecule has 2 saturated heterocycles. The molecule has 2 fully saturated rings. The summed E-state index contributed by atoms with van der Waals surface area (Å²) >= 11 is 5.90. The van der Waals surface area contributed by atoms with Crippen LogP contribution in [0.5, 0.6) is 0 Å². The van der Waals surface area contributed by atoms with E-state index >= 15 is 0 Å². The van der Waals surface area contributed by atoms with Crippen LogP contribution in [0.2, 0.25) is 5.02 Å². The van der Waals surface area contributed by atoms with Gasteiger partial charge >= 0.3 is 0 Å². The summed E-state index contributed by atoms with van der Waals surface area (Å²) in [5.74, 6) is 0.142. The van der Waals surface area contributed by atoms with Crippen LogP contribution in [0.1, 0.15) is 31.2 Å². The number of hydrogen-bond donors (Lipinski definition) is 2. The Balaban J connectivity index is 1.44. The Morgan fingerprint density at radius 2 is 1.96 bits per heavy atom. The summed E-state index contributed by atoms with van der Waals surface area (Å²) in [6.45, 7) is 3.36. The van der Waals surface area contributed by atoms with Gasteiger partial charge in [-0.1, -0.05) is 23.7 Å². The molecule has 5 heteroatoms. The van der Waals surface area contributed by atoms with Crippen molar-refractivity contribution in [3.8, 4) is 0 Å². The van der Waals surface area contributed by atoms with Crippen LogP contribution in [0.4, 0.5) is 0 Å². The largest absolute Gasteiger partial charge is 0.391 e. The number of likely N-dealkylation sites (tertiary alicyclic amines) is 1. The van der Waals surface area contributed by atoms with Gasteiger partial charge in [0.25, 0.3) is 0 Å². The van der Waals surface area contributed by atoms with Gasteiger partial charge in [0.05, 0.1) is 11.5 Å². The van der Waals surface area contributed by atoms with Crippen LogP contribution in [0.25, 0.3) is 0 Å². The Kier molecular flexibility index (Phi) is 5.24. The quantitative estimate of drug-likeness (QED) is 0.886. The van der Waals surface area contributed by atoms with E-state index in [4.69, 9.17) is 11.6 Å². The zero-order valence-electron chi connectivity index (χ0n) is 13.4. The average molecular weight is 337 g/mol. The van der Waals surface area contributed by atoms with Crippen LogP contribution in [0.3, 0.4) is 0 Å². The van der Waals surface area contributed by atoms with Crippen LogP contribution in [0.15, 0.2) is 24.3 Å². The summed E-state index contributed by atoms with van der Waals surface area (Å²) in [7, 11) is 0. The third-order valence-corrected chi connectivity index (χ3v) is 5.52. The Hall–Kier alpha value is -1.10. The molecule has 3 rings (SSSR count). The standard InChI is InChI=1S/C18H25ClN2O2/c19-15-5-3-14(4-6-15)2-1-9-21-10-7-18(8-11-21)12-16(22)13-20-17(18)23/h3-6,16,22H,1-2,7-13H2,(H,20,23). The van der Waals surface area contributed by atoms with Crippen molar-refractivity contribution in [3.05, 3.63) is 34.9 Å². The second-order valence-corrected chi connectivity index (χ2v) is 7.36. The van der Waals surface area contributed by atoms with Crippen molar-refractivity contribution in [2.24, 2.45) is 5.41 Å². The second-order valence-electron chi connectivity index (χ2n) is 6.92. The van der Waals surface area contributed by atoms with Crippen molar-refractivity contribution in [2.45, 2.75) is 38.2 Å². The fourth-order valence-electron chi connectivity index (χ4n) is 3.81. The summed E-state index contributed by atoms with van der Waals surface area (Å²) in [4.78, 5) is 14.6. The molecule has 1 atom stereocenters. The van der Waals surface area contributed by atoms with Crippen LogP contribution in [-0.2, 0) is 11.2 Å². The molecule has 2 aliphatic rings. The van der Waals surface area contributed by atoms with Crippen molar-refractivity contribution >= 4 is 17.5 Å². The first-order chi connectivity index (χ1) is 11.1. The van der Waals surface area contributed by atoms with Crippen molar-refractivity contribution in [1.82, 2.24) is 10.2 Å². The van der Waals surface area contributed by atoms with Gasteiger partial charge in [0.2, 0.25) is 5.91 Å². The minimum absolute atomic E-state index is 0.142. The van der Waals surface area contributed by atoms with Gasteiger partial charge in [0, 0.05) is 11.6 Å². The van der Waals surface area contributed by atoms with Gasteiger partial charge in [0.1, 0.15) is 0 Å². The molecule has 1 unspecified atom stereocenters. The second kappa shape index (κ2) is 7.20. The molecule has 4 nitrogen and oxygen atoms in total. The van der Waals surface area contributed by atoms with Gasteiger partial charge in [-0.3, -0.25) is 4.79 Å². The van der Waals surface area contributed by atoms with E-state index in [0.29, 0.717) is 13.0 Å². The first-order valence-corrected chi connectivity index (χ1v) is 8.88. The molecule has 0 bridgehead atoms. The van der Waals surface area contributed by atoms with Gasteiger partial charge in [-0.15, -0.1) is 0 Å². The molecular weight excluding hydrogens is 312 g/mol. The zero-order chi connectivity index (χ0) is 16.3. The topological polar surface area (TPSA) is 52.6 Å². The van der Waals surface area contributed by atoms with Gasteiger partial charge in [-0.2, -0.15) is 0 Å². The van der Waals surface area contributed by atoms with Crippen molar-refractivity contribution in [3.63, 3.8) is 0 Å². The minimum atomic E-state index is -0.385. The lowest BCUT2D eigenvalue weighted by Crippen LogP contribution is -2.55. The number of amides is 1. The number of carbonyl (C=O) groups excluding carboxylic acids is 1. The molecule has 2 heterocycles. The number of aliphatic hydroxyl groups excluding tert-OH is 1. The lowest BCUT2D eigenvalue weighted by atomic mass is 9.71. The third-order valence-electron chi connectivity index (χ3n) is 5.27. The maximum absolute atomic E-state index is 12.2. The van der Waals surface area contributed by atoms with Crippen molar-refractivity contribution in [1.29, 1.82) is 0 Å². The maximum Gasteiger partial charge on any atom is 0.226 e. The monoisotopic (exact) mass is 336 g/mol. The molecule has 0 aliphatic carbocycles. The molecule has 1 aromatic carbocycles. The summed E-state index contributed by atoms with van der Waals surface area (Å²) in [5.41, 5.74) is 0.988. The minimum Gasteiger partial charge on any atom is -0.391 e. The number of rotatable bonds is 4. The van der Waals surface area contributed by atoms with Gasteiger partial charge < -0.3 is 15.3 Å². The van der Waals surface area contributed by atoms with Gasteiger partial charge in [-0.25, -0.2) is 0 Å². The maximum atomic E-state index is 12.2. The third kappa shape index (κ3) is 4.06. The van der Waals surface area contributed by atoms with E-state index in [0.717, 1.165) is 50.3 Å². The molecular formula is C18H25ClN2O2. The molecule has 0 radical (unpaired) electrons.